The predicted octanol–water partition coefficient (Wildman–Crippen LogP) is 5.07. The highest BCUT2D eigenvalue weighted by Crippen LogP contribution is 2.33. The van der Waals surface area contributed by atoms with Gasteiger partial charge in [-0.2, -0.15) is 13.2 Å². The Morgan fingerprint density at radius 1 is 1.10 bits per heavy atom. The van der Waals surface area contributed by atoms with Crippen LogP contribution in [0.1, 0.15) is 30.2 Å². The Morgan fingerprint density at radius 3 is 2.63 bits per heavy atom. The lowest BCUT2D eigenvalue weighted by molar-refractivity contribution is -0.137. The third-order valence-electron chi connectivity index (χ3n) is 4.71. The largest absolute Gasteiger partial charge is 0.416 e. The minimum absolute atomic E-state index is 0.174. The molecule has 0 atom stereocenters. The molecule has 4 aromatic rings. The lowest BCUT2D eigenvalue weighted by Crippen LogP contribution is -2.15. The summed E-state index contributed by atoms with van der Waals surface area (Å²) in [5.41, 5.74) is 2.27. The number of aryl methyl sites for hydroxylation is 2. The number of hydrogen-bond donors (Lipinski definition) is 0. The van der Waals surface area contributed by atoms with E-state index in [1.54, 1.807) is 10.8 Å². The zero-order valence-electron chi connectivity index (χ0n) is 16.4. The van der Waals surface area contributed by atoms with Crippen molar-refractivity contribution in [3.63, 3.8) is 0 Å². The first-order chi connectivity index (χ1) is 14.3. The lowest BCUT2D eigenvalue weighted by atomic mass is 10.2. The van der Waals surface area contributed by atoms with Gasteiger partial charge in [0.05, 0.1) is 22.3 Å². The van der Waals surface area contributed by atoms with Crippen LogP contribution in [0.2, 0.25) is 0 Å². The molecular formula is C21H19F3N4OS. The van der Waals surface area contributed by atoms with Gasteiger partial charge in [-0.05, 0) is 49.2 Å². The molecule has 0 N–H and O–H groups in total. The van der Waals surface area contributed by atoms with Gasteiger partial charge >= 0.3 is 6.18 Å². The number of aromatic nitrogens is 4. The Balaban J connectivity index is 1.69. The number of nitrogens with zero attached hydrogens (tertiary/aromatic N) is 4. The molecule has 3 aromatic heterocycles. The van der Waals surface area contributed by atoms with Gasteiger partial charge in [-0.15, -0.1) is 0 Å². The van der Waals surface area contributed by atoms with Crippen molar-refractivity contribution < 1.29 is 13.2 Å². The van der Waals surface area contributed by atoms with Crippen LogP contribution in [-0.2, 0) is 18.5 Å². The van der Waals surface area contributed by atoms with Crippen LogP contribution in [0, 0.1) is 6.92 Å². The Bertz CT molecular complexity index is 1290. The maximum atomic E-state index is 13.1. The molecule has 0 aliphatic rings. The van der Waals surface area contributed by atoms with Gasteiger partial charge in [0.25, 0.3) is 5.56 Å². The average molecular weight is 432 g/mol. The molecule has 0 aliphatic heterocycles. The fraction of sp³-hybridized carbons (Fsp3) is 0.286. The molecule has 9 heteroatoms. The van der Waals surface area contributed by atoms with Crippen molar-refractivity contribution in [3.8, 4) is 0 Å². The Hall–Kier alpha value is -2.81. The van der Waals surface area contributed by atoms with E-state index >= 15 is 0 Å². The Kier molecular flexibility index (Phi) is 5.31. The summed E-state index contributed by atoms with van der Waals surface area (Å²) >= 11 is 1.36. The molecule has 156 valence electrons. The maximum absolute atomic E-state index is 13.1. The molecule has 0 amide bonds. The summed E-state index contributed by atoms with van der Waals surface area (Å²) in [5.74, 6) is 0.388. The van der Waals surface area contributed by atoms with E-state index in [2.05, 4.69) is 9.97 Å². The smallest absolute Gasteiger partial charge is 0.319 e. The van der Waals surface area contributed by atoms with Crippen LogP contribution in [-0.4, -0.2) is 18.9 Å². The van der Waals surface area contributed by atoms with Gasteiger partial charge in [-0.3, -0.25) is 9.20 Å². The number of thioether (sulfide) groups is 1. The normalized spacial score (nSPS) is 12.2. The first-order valence-electron chi connectivity index (χ1n) is 9.45. The van der Waals surface area contributed by atoms with Crippen molar-refractivity contribution in [1.82, 2.24) is 18.9 Å². The SMILES string of the molecule is CCCn1c(SCc2cc(=O)n3ccc(C)cc3n2)nc2ccc(C(F)(F)F)cc21. The first-order valence-corrected chi connectivity index (χ1v) is 10.4. The predicted molar refractivity (Wildman–Crippen MR) is 111 cm³/mol. The van der Waals surface area contributed by atoms with Crippen molar-refractivity contribution in [2.45, 2.75) is 43.9 Å². The van der Waals surface area contributed by atoms with E-state index in [4.69, 9.17) is 0 Å². The van der Waals surface area contributed by atoms with Crippen molar-refractivity contribution in [1.29, 1.82) is 0 Å². The summed E-state index contributed by atoms with van der Waals surface area (Å²) in [6.07, 6.45) is -1.96. The number of pyridine rings is 1. The molecule has 0 saturated carbocycles. The highest BCUT2D eigenvalue weighted by atomic mass is 32.2. The molecule has 0 aliphatic carbocycles. The highest BCUT2D eigenvalue weighted by molar-refractivity contribution is 7.98. The molecule has 30 heavy (non-hydrogen) atoms. The van der Waals surface area contributed by atoms with Crippen molar-refractivity contribution >= 4 is 28.4 Å². The zero-order valence-corrected chi connectivity index (χ0v) is 17.2. The van der Waals surface area contributed by atoms with E-state index in [0.29, 0.717) is 39.8 Å². The summed E-state index contributed by atoms with van der Waals surface area (Å²) in [7, 11) is 0. The number of imidazole rings is 1. The molecule has 0 bridgehead atoms. The summed E-state index contributed by atoms with van der Waals surface area (Å²) in [5, 5.41) is 0.609. The summed E-state index contributed by atoms with van der Waals surface area (Å²) in [6.45, 7) is 4.44. The van der Waals surface area contributed by atoms with Crippen LogP contribution in [0.15, 0.2) is 52.5 Å². The third-order valence-corrected chi connectivity index (χ3v) is 5.72. The van der Waals surface area contributed by atoms with E-state index < -0.39 is 11.7 Å². The van der Waals surface area contributed by atoms with Gasteiger partial charge in [-0.1, -0.05) is 18.7 Å². The fourth-order valence-electron chi connectivity index (χ4n) is 3.29. The van der Waals surface area contributed by atoms with Crippen molar-refractivity contribution in [2.24, 2.45) is 0 Å². The summed E-state index contributed by atoms with van der Waals surface area (Å²) in [6, 6.07) is 8.74. The molecule has 5 nitrogen and oxygen atoms in total. The number of hydrogen-bond acceptors (Lipinski definition) is 4. The number of benzene rings is 1. The quantitative estimate of drug-likeness (QED) is 0.413. The van der Waals surface area contributed by atoms with Crippen LogP contribution in [0.25, 0.3) is 16.7 Å². The van der Waals surface area contributed by atoms with Crippen molar-refractivity contribution in [2.75, 3.05) is 0 Å². The first kappa shape index (κ1) is 20.5. The monoisotopic (exact) mass is 432 g/mol. The lowest BCUT2D eigenvalue weighted by Gasteiger charge is -2.10. The maximum Gasteiger partial charge on any atom is 0.416 e. The molecular weight excluding hydrogens is 413 g/mol. The van der Waals surface area contributed by atoms with Crippen LogP contribution in [0.5, 0.6) is 0 Å². The molecule has 0 radical (unpaired) electrons. The van der Waals surface area contributed by atoms with Gasteiger partial charge in [-0.25, -0.2) is 9.97 Å². The Morgan fingerprint density at radius 2 is 1.90 bits per heavy atom. The average Bonchev–Trinajstić information content (AvgIpc) is 3.02. The van der Waals surface area contributed by atoms with Gasteiger partial charge in [0.15, 0.2) is 5.16 Å². The number of rotatable bonds is 5. The van der Waals surface area contributed by atoms with Gasteiger partial charge in [0.1, 0.15) is 5.65 Å². The molecule has 3 heterocycles. The van der Waals surface area contributed by atoms with E-state index in [1.807, 2.05) is 26.0 Å². The molecule has 0 spiro atoms. The third kappa shape index (κ3) is 3.94. The van der Waals surface area contributed by atoms with E-state index in [0.717, 1.165) is 24.1 Å². The molecule has 0 saturated heterocycles. The second-order valence-corrected chi connectivity index (χ2v) is 8.00. The minimum Gasteiger partial charge on any atom is -0.319 e. The van der Waals surface area contributed by atoms with Crippen LogP contribution >= 0.6 is 11.8 Å². The van der Waals surface area contributed by atoms with Crippen LogP contribution in [0.3, 0.4) is 0 Å². The topological polar surface area (TPSA) is 52.2 Å². The molecule has 1 aromatic carbocycles. The standard InChI is InChI=1S/C21H19F3N4OS/c1-3-7-27-17-10-14(21(22,23)24)4-5-16(17)26-20(27)30-12-15-11-19(29)28-8-6-13(2)9-18(28)25-15/h4-6,8-11H,3,7,12H2,1-2H3. The summed E-state index contributed by atoms with van der Waals surface area (Å²) < 4.78 is 42.7. The van der Waals surface area contributed by atoms with Gasteiger partial charge in [0.2, 0.25) is 0 Å². The van der Waals surface area contributed by atoms with E-state index in [1.165, 1.54) is 28.3 Å². The summed E-state index contributed by atoms with van der Waals surface area (Å²) in [4.78, 5) is 21.4. The van der Waals surface area contributed by atoms with Crippen molar-refractivity contribution in [3.05, 3.63) is 69.8 Å². The fourth-order valence-corrected chi connectivity index (χ4v) is 4.23. The number of alkyl halides is 3. The molecule has 0 unspecified atom stereocenters. The van der Waals surface area contributed by atoms with Crippen LogP contribution in [0.4, 0.5) is 13.2 Å². The van der Waals surface area contributed by atoms with Gasteiger partial charge in [0, 0.05) is 24.6 Å². The minimum atomic E-state index is -4.40. The van der Waals surface area contributed by atoms with E-state index in [-0.39, 0.29) is 5.56 Å². The van der Waals surface area contributed by atoms with Gasteiger partial charge < -0.3 is 4.57 Å². The zero-order chi connectivity index (χ0) is 21.5. The molecule has 0 fully saturated rings. The van der Waals surface area contributed by atoms with Crippen LogP contribution < -0.4 is 5.56 Å². The number of halogens is 3. The second kappa shape index (κ2) is 7.79. The number of fused-ring (bicyclic) bond motifs is 2. The Labute approximate surface area is 174 Å². The highest BCUT2D eigenvalue weighted by Gasteiger charge is 2.31. The second-order valence-electron chi connectivity index (χ2n) is 7.05. The molecule has 4 rings (SSSR count). The van der Waals surface area contributed by atoms with E-state index in [9.17, 15) is 18.0 Å².